The molecule has 0 amide bonds. The van der Waals surface area contributed by atoms with Gasteiger partial charge in [0.25, 0.3) is 0 Å². The molecular weight excluding hydrogens is 539 g/mol. The van der Waals surface area contributed by atoms with Gasteiger partial charge >= 0.3 is 0 Å². The van der Waals surface area contributed by atoms with Crippen molar-refractivity contribution in [1.82, 2.24) is 15.5 Å². The highest BCUT2D eigenvalue weighted by atomic mass is 127. The largest absolute Gasteiger partial charge is 0.493 e. The molecule has 9 heteroatoms. The number of rotatable bonds is 9. The van der Waals surface area contributed by atoms with Crippen LogP contribution in [-0.4, -0.2) is 71.5 Å². The van der Waals surface area contributed by atoms with Crippen LogP contribution in [0, 0.1) is 6.92 Å². The van der Waals surface area contributed by atoms with Crippen LogP contribution in [0.1, 0.15) is 21.4 Å². The van der Waals surface area contributed by atoms with Crippen LogP contribution in [0.3, 0.4) is 0 Å². The van der Waals surface area contributed by atoms with Crippen LogP contribution >= 0.6 is 35.3 Å². The highest BCUT2D eigenvalue weighted by Gasteiger charge is 2.24. The third-order valence-corrected chi connectivity index (χ3v) is 6.52. The van der Waals surface area contributed by atoms with Crippen LogP contribution in [-0.2, 0) is 11.2 Å². The van der Waals surface area contributed by atoms with Gasteiger partial charge in [0.2, 0.25) is 0 Å². The number of thiophene rings is 1. The minimum Gasteiger partial charge on any atom is -0.493 e. The van der Waals surface area contributed by atoms with E-state index in [-0.39, 0.29) is 24.0 Å². The second-order valence-corrected chi connectivity index (χ2v) is 8.75. The number of aryl methyl sites for hydroxylation is 1. The minimum atomic E-state index is 0. The lowest BCUT2D eigenvalue weighted by Crippen LogP contribution is -2.46. The number of hydrogen-bond donors (Lipinski definition) is 2. The second-order valence-electron chi connectivity index (χ2n) is 7.43. The van der Waals surface area contributed by atoms with Crippen molar-refractivity contribution in [3.63, 3.8) is 0 Å². The van der Waals surface area contributed by atoms with Gasteiger partial charge in [0.1, 0.15) is 0 Å². The van der Waals surface area contributed by atoms with Gasteiger partial charge in [-0.05, 0) is 43.2 Å². The van der Waals surface area contributed by atoms with Crippen LogP contribution in [0.5, 0.6) is 11.5 Å². The van der Waals surface area contributed by atoms with Crippen LogP contribution in [0.25, 0.3) is 0 Å². The maximum atomic E-state index is 5.55. The topological polar surface area (TPSA) is 67.4 Å². The molecule has 2 N–H and O–H groups in total. The molecule has 3 rings (SSSR count). The molecular formula is C23H35IN4O3S. The van der Waals surface area contributed by atoms with E-state index in [1.807, 2.05) is 30.5 Å². The van der Waals surface area contributed by atoms with Crippen LogP contribution in [0.15, 0.2) is 35.3 Å². The van der Waals surface area contributed by atoms with E-state index < -0.39 is 0 Å². The smallest absolute Gasteiger partial charge is 0.191 e. The third-order valence-electron chi connectivity index (χ3n) is 5.42. The Morgan fingerprint density at radius 1 is 1.12 bits per heavy atom. The van der Waals surface area contributed by atoms with Crippen LogP contribution < -0.4 is 20.1 Å². The first-order chi connectivity index (χ1) is 15.1. The summed E-state index contributed by atoms with van der Waals surface area (Å²) in [5, 5.41) is 6.95. The first-order valence-corrected chi connectivity index (χ1v) is 11.5. The predicted octanol–water partition coefficient (Wildman–Crippen LogP) is 3.47. The van der Waals surface area contributed by atoms with Gasteiger partial charge in [-0.1, -0.05) is 6.07 Å². The molecule has 178 valence electrons. The SMILES string of the molecule is CN=C(NCCc1ccc(OC)c(OC)c1)NCC(c1ccc(C)s1)N1CCOCC1.I. The molecule has 1 unspecified atom stereocenters. The Kier molecular flexibility index (Phi) is 11.6. The number of benzene rings is 1. The summed E-state index contributed by atoms with van der Waals surface area (Å²) in [6.45, 7) is 7.22. The Labute approximate surface area is 212 Å². The van der Waals surface area contributed by atoms with Crippen LogP contribution in [0.4, 0.5) is 0 Å². The third kappa shape index (κ3) is 7.50. The van der Waals surface area contributed by atoms with Gasteiger partial charge in [0.05, 0.1) is 33.5 Å². The number of nitrogens with one attached hydrogen (secondary N) is 2. The molecule has 1 aromatic heterocycles. The van der Waals surface area contributed by atoms with Crippen molar-refractivity contribution in [2.45, 2.75) is 19.4 Å². The van der Waals surface area contributed by atoms with Crippen molar-refractivity contribution in [3.05, 3.63) is 45.6 Å². The Hall–Kier alpha value is -1.56. The molecule has 0 saturated carbocycles. The summed E-state index contributed by atoms with van der Waals surface area (Å²) in [6.07, 6.45) is 0.859. The second kappa shape index (κ2) is 13.9. The van der Waals surface area contributed by atoms with E-state index in [1.165, 1.54) is 15.3 Å². The number of morpholine rings is 1. The Balaban J connectivity index is 0.00000363. The molecule has 2 heterocycles. The maximum Gasteiger partial charge on any atom is 0.191 e. The Morgan fingerprint density at radius 3 is 2.50 bits per heavy atom. The van der Waals surface area contributed by atoms with Gasteiger partial charge in [0.15, 0.2) is 17.5 Å². The standard InChI is InChI=1S/C23H34N4O3S.HI/c1-17-5-8-22(31-17)19(27-11-13-30-14-12-27)16-26-23(24-2)25-10-9-18-6-7-20(28-3)21(15-18)29-4;/h5-8,15,19H,9-14,16H2,1-4H3,(H2,24,25,26);1H. The minimum absolute atomic E-state index is 0. The lowest BCUT2D eigenvalue weighted by atomic mass is 10.1. The molecule has 1 saturated heterocycles. The summed E-state index contributed by atoms with van der Waals surface area (Å²) >= 11 is 1.87. The van der Waals surface area contributed by atoms with Gasteiger partial charge in [-0.2, -0.15) is 0 Å². The fraction of sp³-hybridized carbons (Fsp3) is 0.522. The highest BCUT2D eigenvalue weighted by Crippen LogP contribution is 2.28. The molecule has 2 aromatic rings. The maximum absolute atomic E-state index is 5.55. The van der Waals surface area contributed by atoms with E-state index in [1.54, 1.807) is 14.2 Å². The molecule has 1 aliphatic heterocycles. The lowest BCUT2D eigenvalue weighted by Gasteiger charge is -2.34. The molecule has 0 spiro atoms. The van der Waals surface area contributed by atoms with E-state index in [9.17, 15) is 0 Å². The monoisotopic (exact) mass is 574 g/mol. The first kappa shape index (κ1) is 26.7. The van der Waals surface area contributed by atoms with Crippen molar-refractivity contribution >= 4 is 41.3 Å². The molecule has 1 fully saturated rings. The van der Waals surface area contributed by atoms with Crippen molar-refractivity contribution < 1.29 is 14.2 Å². The normalized spacial score (nSPS) is 15.6. The molecule has 1 atom stereocenters. The Morgan fingerprint density at radius 2 is 1.88 bits per heavy atom. The van der Waals surface area contributed by atoms with E-state index in [2.05, 4.69) is 45.6 Å². The number of aliphatic imine (C=N–C) groups is 1. The van der Waals surface area contributed by atoms with E-state index >= 15 is 0 Å². The molecule has 0 aliphatic carbocycles. The number of methoxy groups -OCH3 is 2. The van der Waals surface area contributed by atoms with Gasteiger partial charge in [0, 0.05) is 43.0 Å². The van der Waals surface area contributed by atoms with Gasteiger partial charge < -0.3 is 24.8 Å². The average Bonchev–Trinajstić information content (AvgIpc) is 3.24. The summed E-state index contributed by atoms with van der Waals surface area (Å²) in [5.74, 6) is 2.31. The fourth-order valence-electron chi connectivity index (χ4n) is 3.71. The Bertz CT molecular complexity index is 856. The highest BCUT2D eigenvalue weighted by molar-refractivity contribution is 14.0. The first-order valence-electron chi connectivity index (χ1n) is 10.7. The van der Waals surface area contributed by atoms with Gasteiger partial charge in [-0.15, -0.1) is 35.3 Å². The van der Waals surface area contributed by atoms with Gasteiger partial charge in [-0.3, -0.25) is 9.89 Å². The van der Waals surface area contributed by atoms with E-state index in [4.69, 9.17) is 14.2 Å². The number of guanidine groups is 1. The molecule has 1 aliphatic rings. The number of ether oxygens (including phenoxy) is 3. The van der Waals surface area contributed by atoms with E-state index in [0.717, 1.165) is 63.3 Å². The lowest BCUT2D eigenvalue weighted by molar-refractivity contribution is 0.0177. The van der Waals surface area contributed by atoms with Crippen molar-refractivity contribution in [3.8, 4) is 11.5 Å². The zero-order valence-corrected chi connectivity index (χ0v) is 22.5. The van der Waals surface area contributed by atoms with Crippen LogP contribution in [0.2, 0.25) is 0 Å². The summed E-state index contributed by atoms with van der Waals surface area (Å²) in [7, 11) is 5.12. The summed E-state index contributed by atoms with van der Waals surface area (Å²) in [4.78, 5) is 9.63. The van der Waals surface area contributed by atoms with Crippen molar-refractivity contribution in [1.29, 1.82) is 0 Å². The molecule has 32 heavy (non-hydrogen) atoms. The van der Waals surface area contributed by atoms with Crippen molar-refractivity contribution in [2.75, 3.05) is 60.7 Å². The number of hydrogen-bond acceptors (Lipinski definition) is 6. The summed E-state index contributed by atoms with van der Waals surface area (Å²) in [6, 6.07) is 10.8. The molecule has 0 bridgehead atoms. The zero-order valence-electron chi connectivity index (χ0n) is 19.3. The summed E-state index contributed by atoms with van der Waals surface area (Å²) < 4.78 is 16.3. The molecule has 1 aromatic carbocycles. The zero-order chi connectivity index (χ0) is 22.1. The fourth-order valence-corrected chi connectivity index (χ4v) is 4.72. The number of nitrogens with zero attached hydrogens (tertiary/aromatic N) is 2. The number of halogens is 1. The molecule has 0 radical (unpaired) electrons. The average molecular weight is 575 g/mol. The quantitative estimate of drug-likeness (QED) is 0.272. The summed E-state index contributed by atoms with van der Waals surface area (Å²) in [5.41, 5.74) is 1.18. The molecule has 7 nitrogen and oxygen atoms in total. The van der Waals surface area contributed by atoms with Gasteiger partial charge in [-0.25, -0.2) is 0 Å². The predicted molar refractivity (Wildman–Crippen MR) is 142 cm³/mol. The van der Waals surface area contributed by atoms with Crippen molar-refractivity contribution in [2.24, 2.45) is 4.99 Å². The van der Waals surface area contributed by atoms with E-state index in [0.29, 0.717) is 6.04 Å².